The molecule has 0 atom stereocenters. The summed E-state index contributed by atoms with van der Waals surface area (Å²) in [7, 11) is 0. The zero-order valence-electron chi connectivity index (χ0n) is 10.0. The van der Waals surface area contributed by atoms with Crippen LogP contribution in [0, 0.1) is 0 Å². The third kappa shape index (κ3) is 4.12. The molecule has 6 heteroatoms. The van der Waals surface area contributed by atoms with Crippen molar-refractivity contribution in [2.24, 2.45) is 0 Å². The topological polar surface area (TPSA) is 92.5 Å². The van der Waals surface area contributed by atoms with Gasteiger partial charge in [-0.3, -0.25) is 0 Å². The van der Waals surface area contributed by atoms with Crippen LogP contribution in [0.3, 0.4) is 0 Å². The smallest absolute Gasteiger partial charge is 0.138 e. The van der Waals surface area contributed by atoms with E-state index in [1.165, 1.54) is 0 Å². The lowest BCUT2D eigenvalue weighted by atomic mass is 10.0. The fourth-order valence-corrected chi connectivity index (χ4v) is 1.63. The number of hydrogen-bond donors (Lipinski definition) is 4. The number of phenols is 2. The molecule has 19 heavy (non-hydrogen) atoms. The molecule has 0 radical (unpaired) electrons. The van der Waals surface area contributed by atoms with Crippen LogP contribution in [-0.2, 0) is 6.42 Å². The molecule has 0 aliphatic rings. The van der Waals surface area contributed by atoms with E-state index >= 15 is 0 Å². The average Bonchev–Trinajstić information content (AvgIpc) is 2.29. The molecule has 0 saturated heterocycles. The first kappa shape index (κ1) is 17.2. The van der Waals surface area contributed by atoms with Gasteiger partial charge in [0.15, 0.2) is 0 Å². The van der Waals surface area contributed by atoms with Crippen LogP contribution in [0.4, 0.5) is 11.4 Å². The highest BCUT2D eigenvalue weighted by atomic mass is 35.5. The molecule has 2 aromatic rings. The molecule has 0 spiro atoms. The van der Waals surface area contributed by atoms with E-state index in [0.29, 0.717) is 17.8 Å². The van der Waals surface area contributed by atoms with Crippen molar-refractivity contribution in [3.8, 4) is 11.5 Å². The Balaban J connectivity index is 0.00000162. The molecule has 0 amide bonds. The third-order valence-corrected chi connectivity index (χ3v) is 2.60. The predicted octanol–water partition coefficient (Wildman–Crippen LogP) is 2.70. The van der Waals surface area contributed by atoms with Gasteiger partial charge in [0.05, 0.1) is 11.4 Å². The number of anilines is 2. The Kier molecular flexibility index (Phi) is 6.32. The van der Waals surface area contributed by atoms with E-state index in [9.17, 15) is 10.2 Å². The molecule has 0 bridgehead atoms. The van der Waals surface area contributed by atoms with Crippen molar-refractivity contribution in [1.29, 1.82) is 0 Å². The number of aromatic hydroxyl groups is 2. The lowest BCUT2D eigenvalue weighted by Gasteiger charge is -2.06. The van der Waals surface area contributed by atoms with Crippen molar-refractivity contribution in [1.82, 2.24) is 0 Å². The zero-order chi connectivity index (χ0) is 12.4. The highest BCUT2D eigenvalue weighted by Crippen LogP contribution is 2.25. The van der Waals surface area contributed by atoms with Gasteiger partial charge in [0.1, 0.15) is 11.5 Å². The SMILES string of the molecule is Cl.Cl.Nc1ccc(Cc2ccc(N)c(O)c2)cc1O. The summed E-state index contributed by atoms with van der Waals surface area (Å²) >= 11 is 0. The Labute approximate surface area is 123 Å². The van der Waals surface area contributed by atoms with Crippen LogP contribution in [0.5, 0.6) is 11.5 Å². The first-order valence-electron chi connectivity index (χ1n) is 5.21. The lowest BCUT2D eigenvalue weighted by Crippen LogP contribution is -1.92. The first-order valence-corrected chi connectivity index (χ1v) is 5.21. The number of hydrogen-bond acceptors (Lipinski definition) is 4. The van der Waals surface area contributed by atoms with Gasteiger partial charge in [-0.15, -0.1) is 24.8 Å². The van der Waals surface area contributed by atoms with Gasteiger partial charge in [-0.2, -0.15) is 0 Å². The monoisotopic (exact) mass is 302 g/mol. The molecule has 4 nitrogen and oxygen atoms in total. The molecule has 0 unspecified atom stereocenters. The highest BCUT2D eigenvalue weighted by molar-refractivity contribution is 5.85. The average molecular weight is 303 g/mol. The van der Waals surface area contributed by atoms with Crippen molar-refractivity contribution >= 4 is 36.2 Å². The highest BCUT2D eigenvalue weighted by Gasteiger charge is 2.03. The van der Waals surface area contributed by atoms with Gasteiger partial charge in [0.25, 0.3) is 0 Å². The minimum absolute atomic E-state index is 0. The molecular weight excluding hydrogens is 287 g/mol. The van der Waals surface area contributed by atoms with E-state index in [4.69, 9.17) is 11.5 Å². The van der Waals surface area contributed by atoms with Gasteiger partial charge < -0.3 is 21.7 Å². The lowest BCUT2D eigenvalue weighted by molar-refractivity contribution is 0.477. The maximum atomic E-state index is 9.48. The fourth-order valence-electron chi connectivity index (χ4n) is 1.63. The molecule has 0 aliphatic carbocycles. The van der Waals surface area contributed by atoms with Crippen molar-refractivity contribution in [3.63, 3.8) is 0 Å². The van der Waals surface area contributed by atoms with E-state index in [1.54, 1.807) is 24.3 Å². The Morgan fingerprint density at radius 2 is 1.11 bits per heavy atom. The van der Waals surface area contributed by atoms with Crippen molar-refractivity contribution in [3.05, 3.63) is 47.5 Å². The normalized spacial score (nSPS) is 9.26. The number of nitrogens with two attached hydrogens (primary N) is 2. The Morgan fingerprint density at radius 1 is 0.737 bits per heavy atom. The van der Waals surface area contributed by atoms with Crippen LogP contribution < -0.4 is 11.5 Å². The van der Waals surface area contributed by atoms with Crippen molar-refractivity contribution in [2.75, 3.05) is 11.5 Å². The van der Waals surface area contributed by atoms with Crippen LogP contribution in [0.15, 0.2) is 36.4 Å². The maximum Gasteiger partial charge on any atom is 0.138 e. The van der Waals surface area contributed by atoms with E-state index in [0.717, 1.165) is 11.1 Å². The molecule has 0 fully saturated rings. The predicted molar refractivity (Wildman–Crippen MR) is 82.3 cm³/mol. The van der Waals surface area contributed by atoms with E-state index in [2.05, 4.69) is 0 Å². The molecule has 104 valence electrons. The summed E-state index contributed by atoms with van der Waals surface area (Å²) in [5, 5.41) is 19.0. The van der Waals surface area contributed by atoms with Gasteiger partial charge in [0, 0.05) is 0 Å². The molecule has 6 N–H and O–H groups in total. The summed E-state index contributed by atoms with van der Waals surface area (Å²) in [6, 6.07) is 10.2. The van der Waals surface area contributed by atoms with Gasteiger partial charge in [-0.05, 0) is 41.8 Å². The number of benzene rings is 2. The molecule has 2 aromatic carbocycles. The number of rotatable bonds is 2. The van der Waals surface area contributed by atoms with E-state index in [-0.39, 0.29) is 36.3 Å². The van der Waals surface area contributed by atoms with Gasteiger partial charge in [-0.25, -0.2) is 0 Å². The summed E-state index contributed by atoms with van der Waals surface area (Å²) in [6.07, 6.45) is 0.599. The van der Waals surface area contributed by atoms with Gasteiger partial charge in [-0.1, -0.05) is 12.1 Å². The first-order chi connectivity index (χ1) is 8.06. The zero-order valence-corrected chi connectivity index (χ0v) is 11.7. The standard InChI is InChI=1S/C13H14N2O2.2ClH/c14-10-3-1-8(6-12(10)16)5-9-2-4-11(15)13(17)7-9;;/h1-4,6-7,16-17H,5,14-15H2;2*1H. The second-order valence-electron chi connectivity index (χ2n) is 3.96. The number of halogens is 2. The number of nitrogen functional groups attached to an aromatic ring is 2. The number of phenolic OH excluding ortho intramolecular Hbond substituents is 2. The van der Waals surface area contributed by atoms with Crippen LogP contribution in [-0.4, -0.2) is 10.2 Å². The van der Waals surface area contributed by atoms with Crippen molar-refractivity contribution in [2.45, 2.75) is 6.42 Å². The minimum Gasteiger partial charge on any atom is -0.506 e. The van der Waals surface area contributed by atoms with Crippen LogP contribution in [0.1, 0.15) is 11.1 Å². The largest absolute Gasteiger partial charge is 0.506 e. The second kappa shape index (κ2) is 6.97. The quantitative estimate of drug-likeness (QED) is 0.507. The molecule has 0 aliphatic heterocycles. The molecular formula is C13H16Cl2N2O2. The summed E-state index contributed by atoms with van der Waals surface area (Å²) in [5.74, 6) is 0.143. The minimum atomic E-state index is 0. The third-order valence-electron chi connectivity index (χ3n) is 2.60. The molecule has 2 rings (SSSR count). The van der Waals surface area contributed by atoms with Gasteiger partial charge >= 0.3 is 0 Å². The second-order valence-corrected chi connectivity index (χ2v) is 3.96. The molecule has 0 heterocycles. The summed E-state index contributed by atoms with van der Waals surface area (Å²) in [4.78, 5) is 0. The molecule has 0 saturated carbocycles. The summed E-state index contributed by atoms with van der Waals surface area (Å²) in [6.45, 7) is 0. The summed E-state index contributed by atoms with van der Waals surface area (Å²) < 4.78 is 0. The fraction of sp³-hybridized carbons (Fsp3) is 0.0769. The van der Waals surface area contributed by atoms with Crippen LogP contribution in [0.2, 0.25) is 0 Å². The van der Waals surface area contributed by atoms with Crippen LogP contribution in [0.25, 0.3) is 0 Å². The Morgan fingerprint density at radius 3 is 1.42 bits per heavy atom. The van der Waals surface area contributed by atoms with Gasteiger partial charge in [0.2, 0.25) is 0 Å². The van der Waals surface area contributed by atoms with Crippen molar-refractivity contribution < 1.29 is 10.2 Å². The maximum absolute atomic E-state index is 9.48. The van der Waals surface area contributed by atoms with Crippen LogP contribution >= 0.6 is 24.8 Å². The molecule has 0 aromatic heterocycles. The van der Waals surface area contributed by atoms with E-state index < -0.39 is 0 Å². The Hall–Kier alpha value is -1.78. The summed E-state index contributed by atoms with van der Waals surface area (Å²) in [5.41, 5.74) is 13.6. The van der Waals surface area contributed by atoms with E-state index in [1.807, 2.05) is 12.1 Å². The Bertz CT molecular complexity index is 513.